The van der Waals surface area contributed by atoms with Crippen LogP contribution < -0.4 is 25.6 Å². The molecule has 0 unspecified atom stereocenters. The van der Waals surface area contributed by atoms with Crippen LogP contribution in [0.3, 0.4) is 0 Å². The molecule has 0 radical (unpaired) electrons. The Balaban J connectivity index is 1.04. The predicted molar refractivity (Wildman–Crippen MR) is 287 cm³/mol. The quantitative estimate of drug-likeness (QED) is 0.165. The second kappa shape index (κ2) is 13.6. The van der Waals surface area contributed by atoms with Crippen LogP contribution in [0.1, 0.15) is 55.6 Å². The van der Waals surface area contributed by atoms with E-state index in [2.05, 4.69) is 196 Å². The molecule has 0 saturated heterocycles. The highest BCUT2D eigenvalue weighted by Gasteiger charge is 2.53. The van der Waals surface area contributed by atoms with Crippen molar-refractivity contribution in [3.05, 3.63) is 232 Å². The molecule has 3 aromatic heterocycles. The molecule has 11 aromatic rings. The number of nitrogens with zero attached hydrogens (tertiary/aromatic N) is 3. The fourth-order valence-electron chi connectivity index (χ4n) is 13.4. The molecule has 8 aromatic carbocycles. The lowest BCUT2D eigenvalue weighted by atomic mass is 9.61. The fraction of sp³-hybridized carbons (Fsp3) is 0.111. The minimum absolute atomic E-state index is 0.566. The Hall–Kier alpha value is -7.44. The Bertz CT molecular complexity index is 3910. The molecular weight excluding hydrogens is 859 g/mol. The summed E-state index contributed by atoms with van der Waals surface area (Å²) >= 11 is 1.97. The van der Waals surface area contributed by atoms with Crippen LogP contribution in [0.25, 0.3) is 53.5 Å². The van der Waals surface area contributed by atoms with E-state index in [-0.39, 0.29) is 0 Å². The number of fused-ring (bicyclic) bond motifs is 15. The zero-order valence-corrected chi connectivity index (χ0v) is 40.2. The van der Waals surface area contributed by atoms with Crippen LogP contribution >= 0.6 is 11.3 Å². The van der Waals surface area contributed by atoms with Gasteiger partial charge in [-0.15, -0.1) is 11.3 Å². The molecule has 0 N–H and O–H groups in total. The number of benzene rings is 8. The van der Waals surface area contributed by atoms with E-state index in [0.717, 1.165) is 24.2 Å². The van der Waals surface area contributed by atoms with Crippen LogP contribution in [0.4, 0.5) is 17.1 Å². The van der Waals surface area contributed by atoms with E-state index in [4.69, 9.17) is 9.97 Å². The molecule has 0 fully saturated rings. The van der Waals surface area contributed by atoms with Crippen LogP contribution in [0.15, 0.2) is 176 Å². The average Bonchev–Trinajstić information content (AvgIpc) is 4.07. The summed E-state index contributed by atoms with van der Waals surface area (Å²) in [5.41, 5.74) is 21.2. The Morgan fingerprint density at radius 3 is 1.68 bits per heavy atom. The van der Waals surface area contributed by atoms with Crippen molar-refractivity contribution in [2.75, 3.05) is 4.90 Å². The van der Waals surface area contributed by atoms with Crippen LogP contribution in [-0.4, -0.2) is 18.0 Å². The fourth-order valence-corrected chi connectivity index (χ4v) is 20.0. The van der Waals surface area contributed by atoms with Gasteiger partial charge in [0.25, 0.3) is 0 Å². The highest BCUT2D eigenvalue weighted by atomic mass is 32.1. The summed E-state index contributed by atoms with van der Waals surface area (Å²) in [5, 5.41) is 11.1. The number of anilines is 3. The first-order valence-electron chi connectivity index (χ1n) is 24.0. The zero-order valence-electron chi connectivity index (χ0n) is 38.4. The van der Waals surface area contributed by atoms with Crippen molar-refractivity contribution in [3.63, 3.8) is 0 Å². The third kappa shape index (κ3) is 4.64. The van der Waals surface area contributed by atoms with Crippen molar-refractivity contribution in [2.24, 2.45) is 0 Å². The lowest BCUT2D eigenvalue weighted by molar-refractivity contribution is 0.771. The van der Waals surface area contributed by atoms with E-state index in [1.54, 1.807) is 0 Å². The van der Waals surface area contributed by atoms with E-state index in [9.17, 15) is 0 Å². The Morgan fingerprint density at radius 1 is 0.471 bits per heavy atom. The number of para-hydroxylation sites is 2. The number of aryl methyl sites for hydroxylation is 6. The van der Waals surface area contributed by atoms with Gasteiger partial charge in [0.2, 0.25) is 0 Å². The van der Waals surface area contributed by atoms with Crippen LogP contribution in [0.5, 0.6) is 0 Å². The van der Waals surface area contributed by atoms with Gasteiger partial charge in [0, 0.05) is 44.8 Å². The van der Waals surface area contributed by atoms with Gasteiger partial charge in [-0.3, -0.25) is 9.97 Å². The summed E-state index contributed by atoms with van der Waals surface area (Å²) in [7, 11) is -2.87. The third-order valence-corrected chi connectivity index (χ3v) is 22.7. The standard InChI is InChI=1S/C63H45N3SSi/c1-36-20-26-42(34-38(36)3)68(43-27-21-37(2)39(4)35-43)54-18-7-5-15-51(54)66(52-16-6-8-19-55(52)68)53-17-9-12-44-45-29-31-48-58(62(45)67-61(44)53)46-28-24-40-22-23-41-25-30-47(57(46)56(40)41)63(48)49-13-10-32-64-59(49)60-50(63)14-11-33-65-60/h5-21,24-35H,22-23H2,1-4H3. The minimum atomic E-state index is -2.87. The summed E-state index contributed by atoms with van der Waals surface area (Å²) in [6, 6.07) is 63.8. The monoisotopic (exact) mass is 903 g/mol. The smallest absolute Gasteiger partial charge is 0.184 e. The van der Waals surface area contributed by atoms with Gasteiger partial charge in [0.05, 0.1) is 27.2 Å². The number of rotatable bonds is 3. The first-order valence-corrected chi connectivity index (χ1v) is 26.8. The average molecular weight is 904 g/mol. The molecule has 0 bridgehead atoms. The first-order chi connectivity index (χ1) is 33.4. The molecule has 68 heavy (non-hydrogen) atoms. The lowest BCUT2D eigenvalue weighted by Gasteiger charge is -2.45. The van der Waals surface area contributed by atoms with Crippen molar-refractivity contribution in [2.45, 2.75) is 46.0 Å². The normalized spacial score (nSPS) is 15.1. The van der Waals surface area contributed by atoms with Gasteiger partial charge in [0.1, 0.15) is 0 Å². The van der Waals surface area contributed by atoms with E-state index < -0.39 is 13.5 Å². The molecule has 4 heterocycles. The molecule has 0 saturated carbocycles. The first kappa shape index (κ1) is 38.6. The molecule has 5 heteroatoms. The van der Waals surface area contributed by atoms with Crippen molar-refractivity contribution in [3.8, 4) is 22.5 Å². The van der Waals surface area contributed by atoms with Crippen LogP contribution in [0, 0.1) is 27.7 Å². The molecule has 322 valence electrons. The van der Waals surface area contributed by atoms with Gasteiger partial charge < -0.3 is 4.90 Å². The van der Waals surface area contributed by atoms with Crippen LogP contribution in [0.2, 0.25) is 0 Å². The van der Waals surface area contributed by atoms with E-state index in [1.807, 2.05) is 23.7 Å². The van der Waals surface area contributed by atoms with E-state index >= 15 is 0 Å². The number of pyridine rings is 2. The summed E-state index contributed by atoms with van der Waals surface area (Å²) in [5.74, 6) is 0. The number of hydrogen-bond acceptors (Lipinski definition) is 4. The van der Waals surface area contributed by atoms with Gasteiger partial charge in [-0.2, -0.15) is 0 Å². The second-order valence-corrected chi connectivity index (χ2v) is 24.4. The summed E-state index contributed by atoms with van der Waals surface area (Å²) in [4.78, 5) is 12.8. The van der Waals surface area contributed by atoms with Crippen molar-refractivity contribution in [1.29, 1.82) is 0 Å². The molecule has 0 amide bonds. The summed E-state index contributed by atoms with van der Waals surface area (Å²) in [6.45, 7) is 9.03. The van der Waals surface area contributed by atoms with Gasteiger partial charge in [0.15, 0.2) is 8.07 Å². The number of hydrogen-bond donors (Lipinski definition) is 0. The van der Waals surface area contributed by atoms with Crippen LogP contribution in [-0.2, 0) is 18.3 Å². The molecule has 3 aliphatic carbocycles. The number of thiophene rings is 1. The van der Waals surface area contributed by atoms with E-state index in [0.29, 0.717) is 0 Å². The second-order valence-electron chi connectivity index (χ2n) is 19.7. The summed E-state index contributed by atoms with van der Waals surface area (Å²) in [6.07, 6.45) is 6.03. The van der Waals surface area contributed by atoms with Gasteiger partial charge in [-0.05, 0) is 164 Å². The maximum atomic E-state index is 5.09. The van der Waals surface area contributed by atoms with Crippen molar-refractivity contribution < 1.29 is 0 Å². The van der Waals surface area contributed by atoms with Gasteiger partial charge in [-0.25, -0.2) is 0 Å². The Morgan fingerprint density at radius 2 is 1.04 bits per heavy atom. The zero-order chi connectivity index (χ0) is 45.2. The third-order valence-electron chi connectivity index (χ3n) is 16.6. The molecule has 1 aliphatic heterocycles. The predicted octanol–water partition coefficient (Wildman–Crippen LogP) is 12.8. The minimum Gasteiger partial charge on any atom is -0.309 e. The molecule has 4 aliphatic rings. The molecule has 15 rings (SSSR count). The van der Waals surface area contributed by atoms with E-state index in [1.165, 1.54) is 136 Å². The van der Waals surface area contributed by atoms with Crippen molar-refractivity contribution in [1.82, 2.24) is 9.97 Å². The largest absolute Gasteiger partial charge is 0.309 e. The van der Waals surface area contributed by atoms with Crippen molar-refractivity contribution >= 4 is 88.2 Å². The summed E-state index contributed by atoms with van der Waals surface area (Å²) < 4.78 is 2.64. The van der Waals surface area contributed by atoms with Gasteiger partial charge >= 0.3 is 0 Å². The Labute approximate surface area is 401 Å². The highest BCUT2D eigenvalue weighted by Crippen LogP contribution is 2.63. The lowest BCUT2D eigenvalue weighted by Crippen LogP contribution is -2.77. The highest BCUT2D eigenvalue weighted by molar-refractivity contribution is 7.27. The SMILES string of the molecule is Cc1ccc([Si]2(c3ccc(C)c(C)c3)c3ccccc3N(c3cccc4c3sc3c5c(ccc34)C3(c4cccnc4-c4ncccc43)c3ccc4c6c(ccc-5c36)CC4)c3ccccc32)cc1C. The molecular formula is C63H45N3SSi. The molecule has 1 spiro atoms. The number of aromatic nitrogens is 2. The van der Waals surface area contributed by atoms with Gasteiger partial charge in [-0.1, -0.05) is 133 Å². The molecule has 3 nitrogen and oxygen atoms in total. The molecule has 0 atom stereocenters. The topological polar surface area (TPSA) is 29.0 Å². The Kier molecular flexibility index (Phi) is 7.73. The maximum Gasteiger partial charge on any atom is 0.184 e. The maximum absolute atomic E-state index is 5.09.